The molecule has 0 aliphatic carbocycles. The molecule has 0 saturated heterocycles. The number of carbonyl (C=O) groups excluding carboxylic acids is 1. The Morgan fingerprint density at radius 3 is 2.27 bits per heavy atom. The number of hydrogen-bond acceptors (Lipinski definition) is 3. The highest BCUT2D eigenvalue weighted by Crippen LogP contribution is 2.24. The highest BCUT2D eigenvalue weighted by molar-refractivity contribution is 5.94. The summed E-state index contributed by atoms with van der Waals surface area (Å²) in [6, 6.07) is 21.9. The van der Waals surface area contributed by atoms with Crippen LogP contribution in [0, 0.1) is 0 Å². The van der Waals surface area contributed by atoms with Crippen LogP contribution in [-0.2, 0) is 13.1 Å². The van der Waals surface area contributed by atoms with E-state index in [2.05, 4.69) is 39.2 Å². The number of alkyl halides is 2. The Morgan fingerprint density at radius 1 is 0.967 bits per heavy atom. The van der Waals surface area contributed by atoms with E-state index < -0.39 is 6.61 Å². The highest BCUT2D eigenvalue weighted by Gasteiger charge is 2.10. The van der Waals surface area contributed by atoms with Crippen molar-refractivity contribution in [2.24, 2.45) is 0 Å². The molecule has 30 heavy (non-hydrogen) atoms. The number of halogens is 2. The topological polar surface area (TPSA) is 41.6 Å². The van der Waals surface area contributed by atoms with Crippen LogP contribution < -0.4 is 10.1 Å². The van der Waals surface area contributed by atoms with Gasteiger partial charge in [-0.3, -0.25) is 4.79 Å². The third-order valence-electron chi connectivity index (χ3n) is 4.56. The Bertz CT molecular complexity index is 971. The summed E-state index contributed by atoms with van der Waals surface area (Å²) in [6.45, 7) is -1.67. The smallest absolute Gasteiger partial charge is 0.387 e. The summed E-state index contributed by atoms with van der Waals surface area (Å²) in [4.78, 5) is 14.6. The number of amides is 1. The van der Waals surface area contributed by atoms with Crippen LogP contribution in [0.15, 0.2) is 72.8 Å². The molecule has 6 heteroatoms. The van der Waals surface area contributed by atoms with Gasteiger partial charge in [0.25, 0.3) is 5.91 Å². The summed E-state index contributed by atoms with van der Waals surface area (Å²) in [6.07, 6.45) is 0. The van der Waals surface area contributed by atoms with E-state index in [1.807, 2.05) is 38.4 Å². The lowest BCUT2D eigenvalue weighted by atomic mass is 9.98. The predicted molar refractivity (Wildman–Crippen MR) is 114 cm³/mol. The predicted octanol–water partition coefficient (Wildman–Crippen LogP) is 4.95. The molecule has 4 nitrogen and oxygen atoms in total. The fourth-order valence-corrected chi connectivity index (χ4v) is 3.18. The second kappa shape index (κ2) is 9.98. The number of nitrogens with zero attached hydrogens (tertiary/aromatic N) is 1. The van der Waals surface area contributed by atoms with Crippen LogP contribution in [0.1, 0.15) is 21.5 Å². The van der Waals surface area contributed by atoms with Gasteiger partial charge in [-0.2, -0.15) is 8.78 Å². The minimum atomic E-state index is -2.89. The Hall–Kier alpha value is -3.25. The third-order valence-corrected chi connectivity index (χ3v) is 4.56. The van der Waals surface area contributed by atoms with E-state index >= 15 is 0 Å². The molecule has 156 valence electrons. The lowest BCUT2D eigenvalue weighted by molar-refractivity contribution is -0.0498. The van der Waals surface area contributed by atoms with Gasteiger partial charge in [-0.15, -0.1) is 0 Å². The van der Waals surface area contributed by atoms with Crippen molar-refractivity contribution in [2.45, 2.75) is 19.7 Å². The van der Waals surface area contributed by atoms with Gasteiger partial charge in [-0.05, 0) is 60.6 Å². The summed E-state index contributed by atoms with van der Waals surface area (Å²) in [7, 11) is 4.07. The Morgan fingerprint density at radius 2 is 1.63 bits per heavy atom. The number of carbonyl (C=O) groups is 1. The minimum absolute atomic E-state index is 0.0182. The zero-order chi connectivity index (χ0) is 21.5. The molecule has 0 heterocycles. The van der Waals surface area contributed by atoms with Crippen LogP contribution in [0.25, 0.3) is 11.1 Å². The molecule has 1 amide bonds. The number of hydrogen-bond donors (Lipinski definition) is 1. The molecule has 1 N–H and O–H groups in total. The second-order valence-electron chi connectivity index (χ2n) is 7.18. The van der Waals surface area contributed by atoms with Crippen molar-refractivity contribution in [2.75, 3.05) is 14.1 Å². The molecule has 0 spiro atoms. The molecule has 0 bridgehead atoms. The van der Waals surface area contributed by atoms with Gasteiger partial charge in [0.05, 0.1) is 0 Å². The fraction of sp³-hybridized carbons (Fsp3) is 0.208. The van der Waals surface area contributed by atoms with E-state index in [1.165, 1.54) is 29.8 Å². The zero-order valence-corrected chi connectivity index (χ0v) is 16.9. The van der Waals surface area contributed by atoms with Crippen LogP contribution in [-0.4, -0.2) is 31.5 Å². The summed E-state index contributed by atoms with van der Waals surface area (Å²) >= 11 is 0. The van der Waals surface area contributed by atoms with E-state index in [0.717, 1.165) is 23.2 Å². The maximum Gasteiger partial charge on any atom is 0.387 e. The van der Waals surface area contributed by atoms with Crippen LogP contribution >= 0.6 is 0 Å². The molecule has 0 radical (unpaired) electrons. The largest absolute Gasteiger partial charge is 0.435 e. The van der Waals surface area contributed by atoms with Crippen molar-refractivity contribution in [1.82, 2.24) is 10.2 Å². The zero-order valence-electron chi connectivity index (χ0n) is 16.9. The van der Waals surface area contributed by atoms with Gasteiger partial charge in [0, 0.05) is 18.7 Å². The third kappa shape index (κ3) is 5.87. The molecule has 0 aliphatic rings. The summed E-state index contributed by atoms with van der Waals surface area (Å²) in [5, 5.41) is 2.89. The first-order chi connectivity index (χ1) is 14.4. The molecule has 0 atom stereocenters. The van der Waals surface area contributed by atoms with E-state index in [4.69, 9.17) is 0 Å². The van der Waals surface area contributed by atoms with Crippen LogP contribution in [0.5, 0.6) is 5.75 Å². The Labute approximate surface area is 175 Å². The molecule has 0 saturated carbocycles. The van der Waals surface area contributed by atoms with Gasteiger partial charge in [0.2, 0.25) is 0 Å². The van der Waals surface area contributed by atoms with Gasteiger partial charge in [-0.25, -0.2) is 0 Å². The average molecular weight is 410 g/mol. The average Bonchev–Trinajstić information content (AvgIpc) is 2.72. The Kier molecular flexibility index (Phi) is 7.14. The first-order valence-electron chi connectivity index (χ1n) is 9.57. The van der Waals surface area contributed by atoms with Crippen LogP contribution in [0.2, 0.25) is 0 Å². The molecule has 3 rings (SSSR count). The van der Waals surface area contributed by atoms with Gasteiger partial charge >= 0.3 is 6.61 Å². The number of benzene rings is 3. The van der Waals surface area contributed by atoms with Gasteiger partial charge in [-0.1, -0.05) is 48.5 Å². The van der Waals surface area contributed by atoms with Crippen molar-refractivity contribution in [1.29, 1.82) is 0 Å². The van der Waals surface area contributed by atoms with Gasteiger partial charge in [0.1, 0.15) is 5.75 Å². The molecule has 0 aliphatic heterocycles. The van der Waals surface area contributed by atoms with E-state index in [9.17, 15) is 13.6 Å². The molecule has 0 aromatic heterocycles. The molecular weight excluding hydrogens is 386 g/mol. The van der Waals surface area contributed by atoms with Crippen molar-refractivity contribution < 1.29 is 18.3 Å². The van der Waals surface area contributed by atoms with Crippen LogP contribution in [0.3, 0.4) is 0 Å². The quantitative estimate of drug-likeness (QED) is 0.572. The molecule has 0 fully saturated rings. The monoisotopic (exact) mass is 410 g/mol. The van der Waals surface area contributed by atoms with Crippen molar-refractivity contribution >= 4 is 5.91 Å². The first kappa shape index (κ1) is 21.5. The first-order valence-corrected chi connectivity index (χ1v) is 9.57. The summed E-state index contributed by atoms with van der Waals surface area (Å²) < 4.78 is 28.8. The molecule has 0 unspecified atom stereocenters. The lowest BCUT2D eigenvalue weighted by Crippen LogP contribution is -2.23. The Balaban J connectivity index is 1.68. The summed E-state index contributed by atoms with van der Waals surface area (Å²) in [5.74, 6) is -0.264. The van der Waals surface area contributed by atoms with Gasteiger partial charge in [0.15, 0.2) is 0 Å². The number of rotatable bonds is 8. The number of nitrogens with one attached hydrogen (secondary N) is 1. The number of ether oxygens (including phenoxy) is 1. The fourth-order valence-electron chi connectivity index (χ4n) is 3.18. The van der Waals surface area contributed by atoms with Gasteiger partial charge < -0.3 is 15.0 Å². The SMILES string of the molecule is CN(C)Cc1ccc(-c2ccccc2CNC(=O)c2ccc(OC(F)F)cc2)cc1. The van der Waals surface area contributed by atoms with Crippen molar-refractivity contribution in [3.8, 4) is 16.9 Å². The molecule has 3 aromatic rings. The standard InChI is InChI=1S/C24H24F2N2O2/c1-28(2)16-17-7-9-18(10-8-17)22-6-4-3-5-20(22)15-27-23(29)19-11-13-21(14-12-19)30-24(25)26/h3-14,24H,15-16H2,1-2H3,(H,27,29). The second-order valence-corrected chi connectivity index (χ2v) is 7.18. The van der Waals surface area contributed by atoms with Crippen molar-refractivity contribution in [3.05, 3.63) is 89.5 Å². The maximum atomic E-state index is 12.4. The van der Waals surface area contributed by atoms with Crippen LogP contribution in [0.4, 0.5) is 8.78 Å². The van der Waals surface area contributed by atoms with E-state index in [-0.39, 0.29) is 11.7 Å². The van der Waals surface area contributed by atoms with Crippen molar-refractivity contribution in [3.63, 3.8) is 0 Å². The maximum absolute atomic E-state index is 12.4. The molecule has 3 aromatic carbocycles. The normalized spacial score (nSPS) is 11.0. The summed E-state index contributed by atoms with van der Waals surface area (Å²) in [5.41, 5.74) is 4.73. The lowest BCUT2D eigenvalue weighted by Gasteiger charge is -2.13. The highest BCUT2D eigenvalue weighted by atomic mass is 19.3. The molecular formula is C24H24F2N2O2. The van der Waals surface area contributed by atoms with E-state index in [0.29, 0.717) is 12.1 Å². The van der Waals surface area contributed by atoms with E-state index in [1.54, 1.807) is 0 Å². The minimum Gasteiger partial charge on any atom is -0.435 e.